The highest BCUT2D eigenvalue weighted by Crippen LogP contribution is 2.20. The van der Waals surface area contributed by atoms with E-state index in [0.29, 0.717) is 0 Å². The molecular weight excluding hydrogens is 332 g/mol. The predicted molar refractivity (Wildman–Crippen MR) is 88.4 cm³/mol. The Labute approximate surface area is 132 Å². The van der Waals surface area contributed by atoms with Crippen LogP contribution in [0.5, 0.6) is 0 Å². The van der Waals surface area contributed by atoms with E-state index < -0.39 is 0 Å². The number of aliphatic hydroxyl groups excluding tert-OH is 1. The molecule has 110 valence electrons. The van der Waals surface area contributed by atoms with Crippen molar-refractivity contribution >= 4 is 33.2 Å². The summed E-state index contributed by atoms with van der Waals surface area (Å²) >= 11 is 3.42. The third-order valence-corrected chi connectivity index (χ3v) is 3.89. The number of carbonyl (C=O) groups excluding carboxylic acids is 1. The van der Waals surface area contributed by atoms with E-state index in [1.54, 1.807) is 0 Å². The number of carbonyl (C=O) groups is 1. The van der Waals surface area contributed by atoms with Crippen molar-refractivity contribution in [1.82, 2.24) is 0 Å². The molecule has 2 aromatic rings. The highest BCUT2D eigenvalue weighted by Gasteiger charge is 2.04. The second-order valence-electron chi connectivity index (χ2n) is 4.72. The molecule has 0 aliphatic heterocycles. The van der Waals surface area contributed by atoms with Gasteiger partial charge < -0.3 is 15.7 Å². The van der Waals surface area contributed by atoms with Crippen LogP contribution < -0.4 is 10.6 Å². The summed E-state index contributed by atoms with van der Waals surface area (Å²) in [6.07, 6.45) is 0. The quantitative estimate of drug-likeness (QED) is 0.776. The summed E-state index contributed by atoms with van der Waals surface area (Å²) in [6.45, 7) is 2.13. The van der Waals surface area contributed by atoms with Gasteiger partial charge in [-0.2, -0.15) is 0 Å². The third kappa shape index (κ3) is 4.58. The second-order valence-corrected chi connectivity index (χ2v) is 5.58. The maximum atomic E-state index is 11.9. The van der Waals surface area contributed by atoms with Gasteiger partial charge in [0, 0.05) is 15.8 Å². The molecule has 0 fully saturated rings. The van der Waals surface area contributed by atoms with E-state index in [4.69, 9.17) is 5.11 Å². The molecule has 0 aromatic heterocycles. The SMILES string of the molecule is Cc1cc(NC(=O)CNc2cccc(CO)c2)ccc1Br. The number of hydrogen-bond acceptors (Lipinski definition) is 3. The number of amides is 1. The number of anilines is 2. The zero-order valence-electron chi connectivity index (χ0n) is 11.7. The van der Waals surface area contributed by atoms with Gasteiger partial charge in [0.2, 0.25) is 5.91 Å². The predicted octanol–water partition coefficient (Wildman–Crippen LogP) is 3.30. The Hall–Kier alpha value is -1.85. The Morgan fingerprint density at radius 2 is 2.00 bits per heavy atom. The molecule has 21 heavy (non-hydrogen) atoms. The van der Waals surface area contributed by atoms with Gasteiger partial charge in [0.25, 0.3) is 0 Å². The first-order valence-corrected chi connectivity index (χ1v) is 7.37. The zero-order valence-corrected chi connectivity index (χ0v) is 13.3. The Balaban J connectivity index is 1.91. The standard InChI is InChI=1S/C16H17BrN2O2/c1-11-7-14(5-6-15(11)17)19-16(21)9-18-13-4-2-3-12(8-13)10-20/h2-8,18,20H,9-10H2,1H3,(H,19,21). The van der Waals surface area contributed by atoms with E-state index in [1.807, 2.05) is 49.4 Å². The lowest BCUT2D eigenvalue weighted by atomic mass is 10.2. The first-order valence-electron chi connectivity index (χ1n) is 6.58. The topological polar surface area (TPSA) is 61.4 Å². The minimum Gasteiger partial charge on any atom is -0.392 e. The Morgan fingerprint density at radius 3 is 2.71 bits per heavy atom. The summed E-state index contributed by atoms with van der Waals surface area (Å²) in [5, 5.41) is 14.9. The van der Waals surface area contributed by atoms with E-state index in [9.17, 15) is 4.79 Å². The van der Waals surface area contributed by atoms with E-state index in [0.717, 1.165) is 27.0 Å². The molecule has 3 N–H and O–H groups in total. The van der Waals surface area contributed by atoms with E-state index in [-0.39, 0.29) is 19.1 Å². The molecule has 0 aliphatic carbocycles. The minimum absolute atomic E-state index is 0.0140. The maximum absolute atomic E-state index is 11.9. The fraction of sp³-hybridized carbons (Fsp3) is 0.188. The lowest BCUT2D eigenvalue weighted by Gasteiger charge is -2.09. The number of halogens is 1. The van der Waals surface area contributed by atoms with Gasteiger partial charge in [-0.3, -0.25) is 4.79 Å². The van der Waals surface area contributed by atoms with Crippen molar-refractivity contribution in [3.05, 3.63) is 58.1 Å². The van der Waals surface area contributed by atoms with Gasteiger partial charge in [0.1, 0.15) is 0 Å². The number of aliphatic hydroxyl groups is 1. The Kier molecular flexibility index (Phi) is 5.36. The van der Waals surface area contributed by atoms with Crippen molar-refractivity contribution in [2.75, 3.05) is 17.2 Å². The van der Waals surface area contributed by atoms with Crippen molar-refractivity contribution in [3.63, 3.8) is 0 Å². The number of rotatable bonds is 5. The van der Waals surface area contributed by atoms with E-state index in [2.05, 4.69) is 26.6 Å². The normalized spacial score (nSPS) is 10.2. The second kappa shape index (κ2) is 7.24. The molecule has 0 saturated carbocycles. The number of nitrogens with one attached hydrogen (secondary N) is 2. The molecule has 2 rings (SSSR count). The van der Waals surface area contributed by atoms with Crippen molar-refractivity contribution in [3.8, 4) is 0 Å². The van der Waals surface area contributed by atoms with Crippen LogP contribution in [-0.4, -0.2) is 17.6 Å². The average molecular weight is 349 g/mol. The smallest absolute Gasteiger partial charge is 0.243 e. The maximum Gasteiger partial charge on any atom is 0.243 e. The van der Waals surface area contributed by atoms with Gasteiger partial charge in [-0.05, 0) is 48.4 Å². The minimum atomic E-state index is -0.119. The van der Waals surface area contributed by atoms with Crippen LogP contribution in [0.1, 0.15) is 11.1 Å². The number of aryl methyl sites for hydroxylation is 1. The molecule has 0 heterocycles. The molecule has 0 radical (unpaired) electrons. The van der Waals surface area contributed by atoms with Crippen LogP contribution in [0.4, 0.5) is 11.4 Å². The molecule has 1 amide bonds. The summed E-state index contributed by atoms with van der Waals surface area (Å²) in [4.78, 5) is 11.9. The van der Waals surface area contributed by atoms with Gasteiger partial charge >= 0.3 is 0 Å². The van der Waals surface area contributed by atoms with Crippen molar-refractivity contribution in [1.29, 1.82) is 0 Å². The Bertz CT molecular complexity index is 644. The van der Waals surface area contributed by atoms with Gasteiger partial charge in [-0.15, -0.1) is 0 Å². The molecule has 0 unspecified atom stereocenters. The highest BCUT2D eigenvalue weighted by molar-refractivity contribution is 9.10. The van der Waals surface area contributed by atoms with E-state index >= 15 is 0 Å². The molecule has 0 atom stereocenters. The summed E-state index contributed by atoms with van der Waals surface area (Å²) in [5.74, 6) is -0.119. The van der Waals surface area contributed by atoms with Crippen LogP contribution in [0.15, 0.2) is 46.9 Å². The van der Waals surface area contributed by atoms with Gasteiger partial charge in [-0.25, -0.2) is 0 Å². The van der Waals surface area contributed by atoms with Gasteiger partial charge in [0.15, 0.2) is 0 Å². The van der Waals surface area contributed by atoms with Crippen molar-refractivity contribution in [2.24, 2.45) is 0 Å². The highest BCUT2D eigenvalue weighted by atomic mass is 79.9. The van der Waals surface area contributed by atoms with Crippen LogP contribution in [0.3, 0.4) is 0 Å². The van der Waals surface area contributed by atoms with Gasteiger partial charge in [-0.1, -0.05) is 28.1 Å². The third-order valence-electron chi connectivity index (χ3n) is 3.00. The fourth-order valence-electron chi connectivity index (χ4n) is 1.89. The fourth-order valence-corrected chi connectivity index (χ4v) is 2.14. The monoisotopic (exact) mass is 348 g/mol. The van der Waals surface area contributed by atoms with Crippen LogP contribution >= 0.6 is 15.9 Å². The first kappa shape index (κ1) is 15.5. The zero-order chi connectivity index (χ0) is 15.2. The lowest BCUT2D eigenvalue weighted by molar-refractivity contribution is -0.114. The molecule has 0 bridgehead atoms. The first-order chi connectivity index (χ1) is 10.1. The summed E-state index contributed by atoms with van der Waals surface area (Å²) in [5.41, 5.74) is 3.45. The molecule has 5 heteroatoms. The molecular formula is C16H17BrN2O2. The molecule has 0 saturated heterocycles. The molecule has 2 aromatic carbocycles. The van der Waals surface area contributed by atoms with Crippen LogP contribution in [0, 0.1) is 6.92 Å². The molecule has 0 aliphatic rings. The summed E-state index contributed by atoms with van der Waals surface area (Å²) in [7, 11) is 0. The van der Waals surface area contributed by atoms with Crippen LogP contribution in [-0.2, 0) is 11.4 Å². The van der Waals surface area contributed by atoms with Crippen molar-refractivity contribution < 1.29 is 9.90 Å². The lowest BCUT2D eigenvalue weighted by Crippen LogP contribution is -2.21. The van der Waals surface area contributed by atoms with Crippen LogP contribution in [0.2, 0.25) is 0 Å². The molecule has 4 nitrogen and oxygen atoms in total. The Morgan fingerprint density at radius 1 is 1.19 bits per heavy atom. The van der Waals surface area contributed by atoms with Crippen molar-refractivity contribution in [2.45, 2.75) is 13.5 Å². The molecule has 0 spiro atoms. The average Bonchev–Trinajstić information content (AvgIpc) is 2.49. The van der Waals surface area contributed by atoms with Crippen LogP contribution in [0.25, 0.3) is 0 Å². The summed E-state index contributed by atoms with van der Waals surface area (Å²) in [6, 6.07) is 13.0. The van der Waals surface area contributed by atoms with Gasteiger partial charge in [0.05, 0.1) is 13.2 Å². The largest absolute Gasteiger partial charge is 0.392 e. The number of hydrogen-bond donors (Lipinski definition) is 3. The summed E-state index contributed by atoms with van der Waals surface area (Å²) < 4.78 is 1.01. The van der Waals surface area contributed by atoms with E-state index in [1.165, 1.54) is 0 Å². The number of benzene rings is 2.